The van der Waals surface area contributed by atoms with Crippen molar-refractivity contribution >= 4 is 46.7 Å². The average molecular weight is 398 g/mol. The number of hydrogen-bond donors (Lipinski definition) is 2. The second-order valence-corrected chi connectivity index (χ2v) is 6.78. The number of piperazine rings is 1. The molecule has 1 atom stereocenters. The van der Waals surface area contributed by atoms with Crippen LogP contribution < -0.4 is 10.6 Å². The van der Waals surface area contributed by atoms with Crippen LogP contribution in [-0.4, -0.2) is 53.0 Å². The number of ether oxygens (including phenoxy) is 1. The van der Waals surface area contributed by atoms with Gasteiger partial charge in [-0.2, -0.15) is 0 Å². The molecule has 1 fully saturated rings. The molecule has 0 aromatic heterocycles. The van der Waals surface area contributed by atoms with Crippen LogP contribution in [0.25, 0.3) is 0 Å². The molecule has 2 rings (SSSR count). The molecule has 0 radical (unpaired) electrons. The first-order valence-corrected chi connectivity index (χ1v) is 8.92. The molecule has 9 heteroatoms. The van der Waals surface area contributed by atoms with E-state index >= 15 is 0 Å². The summed E-state index contributed by atoms with van der Waals surface area (Å²) < 4.78 is 5.10. The minimum absolute atomic E-state index is 0.0621. The predicted molar refractivity (Wildman–Crippen MR) is 101 cm³/mol. The molecule has 1 saturated heterocycles. The summed E-state index contributed by atoms with van der Waals surface area (Å²) >= 11 is 11.3. The van der Waals surface area contributed by atoms with Crippen molar-refractivity contribution in [2.45, 2.75) is 32.4 Å². The molecular formula is C17H20ClN3O4S. The molecule has 1 aliphatic rings. The van der Waals surface area contributed by atoms with Gasteiger partial charge in [0.2, 0.25) is 5.91 Å². The van der Waals surface area contributed by atoms with Crippen LogP contribution in [0, 0.1) is 0 Å². The van der Waals surface area contributed by atoms with Crippen LogP contribution in [0.5, 0.6) is 0 Å². The Bertz CT molecular complexity index is 726. The van der Waals surface area contributed by atoms with Gasteiger partial charge in [-0.25, -0.2) is 0 Å². The largest absolute Gasteiger partial charge is 0.463 e. The highest BCUT2D eigenvalue weighted by Crippen LogP contribution is 2.16. The van der Waals surface area contributed by atoms with E-state index in [1.165, 1.54) is 4.90 Å². The molecule has 1 aromatic rings. The van der Waals surface area contributed by atoms with Gasteiger partial charge in [0.1, 0.15) is 6.04 Å². The fourth-order valence-electron chi connectivity index (χ4n) is 2.51. The van der Waals surface area contributed by atoms with Gasteiger partial charge in [0.25, 0.3) is 5.91 Å². The second-order valence-electron chi connectivity index (χ2n) is 5.98. The number of halogens is 1. The lowest BCUT2D eigenvalue weighted by Crippen LogP contribution is -2.60. The number of carbonyl (C=O) groups excluding carboxylic acids is 3. The van der Waals surface area contributed by atoms with Gasteiger partial charge >= 0.3 is 5.97 Å². The number of thiocarbonyl (C=S) groups is 1. The van der Waals surface area contributed by atoms with Gasteiger partial charge in [-0.1, -0.05) is 23.7 Å². The molecule has 7 nitrogen and oxygen atoms in total. The predicted octanol–water partition coefficient (Wildman–Crippen LogP) is 1.50. The normalized spacial score (nSPS) is 16.8. The molecule has 2 N–H and O–H groups in total. The third-order valence-electron chi connectivity index (χ3n) is 3.66. The number of carbonyl (C=O) groups is 3. The Kier molecular flexibility index (Phi) is 6.93. The Balaban J connectivity index is 2.09. The average Bonchev–Trinajstić information content (AvgIpc) is 2.56. The number of hydrogen-bond acceptors (Lipinski definition) is 5. The Hall–Kier alpha value is -2.19. The number of rotatable bonds is 4. The minimum Gasteiger partial charge on any atom is -0.463 e. The summed E-state index contributed by atoms with van der Waals surface area (Å²) in [5, 5.41) is 5.62. The topological polar surface area (TPSA) is 87.7 Å². The van der Waals surface area contributed by atoms with E-state index in [4.69, 9.17) is 28.6 Å². The summed E-state index contributed by atoms with van der Waals surface area (Å²) in [7, 11) is 0. The van der Waals surface area contributed by atoms with Crippen molar-refractivity contribution in [2.24, 2.45) is 0 Å². The van der Waals surface area contributed by atoms with Crippen LogP contribution in [0.3, 0.4) is 0 Å². The summed E-state index contributed by atoms with van der Waals surface area (Å²) in [5.74, 6) is -1.33. The zero-order valence-corrected chi connectivity index (χ0v) is 16.0. The zero-order valence-electron chi connectivity index (χ0n) is 14.5. The third-order valence-corrected chi connectivity index (χ3v) is 4.32. The summed E-state index contributed by atoms with van der Waals surface area (Å²) in [5.41, 5.74) is 0.272. The van der Waals surface area contributed by atoms with Crippen LogP contribution >= 0.6 is 23.8 Å². The van der Waals surface area contributed by atoms with Crippen molar-refractivity contribution in [3.8, 4) is 0 Å². The fraction of sp³-hybridized carbons (Fsp3) is 0.412. The second kappa shape index (κ2) is 8.95. The summed E-state index contributed by atoms with van der Waals surface area (Å²) in [4.78, 5) is 38.0. The molecule has 26 heavy (non-hydrogen) atoms. The summed E-state index contributed by atoms with van der Waals surface area (Å²) in [6, 6.07) is 5.72. The van der Waals surface area contributed by atoms with Gasteiger partial charge in [0.15, 0.2) is 5.11 Å². The SMILES string of the molecule is CC(C)OC(=O)C[C@H]1C(=O)NCCN1C(=S)NC(=O)c1ccccc1Cl. The Morgan fingerprint density at radius 2 is 2.12 bits per heavy atom. The van der Waals surface area contributed by atoms with Gasteiger partial charge in [-0.15, -0.1) is 0 Å². The summed E-state index contributed by atoms with van der Waals surface area (Å²) in [6.45, 7) is 4.18. The lowest BCUT2D eigenvalue weighted by Gasteiger charge is -2.36. The maximum atomic E-state index is 12.4. The van der Waals surface area contributed by atoms with E-state index in [1.54, 1.807) is 38.1 Å². The first-order chi connectivity index (χ1) is 12.3. The minimum atomic E-state index is -0.839. The Morgan fingerprint density at radius 1 is 1.42 bits per heavy atom. The number of nitrogens with zero attached hydrogens (tertiary/aromatic N) is 1. The van der Waals surface area contributed by atoms with Crippen molar-refractivity contribution in [3.05, 3.63) is 34.9 Å². The first kappa shape index (κ1) is 20.1. The molecule has 0 unspecified atom stereocenters. The van der Waals surface area contributed by atoms with Gasteiger partial charge in [-0.05, 0) is 38.2 Å². The maximum absolute atomic E-state index is 12.4. The summed E-state index contributed by atoms with van der Waals surface area (Å²) in [6.07, 6.45) is -0.443. The highest BCUT2D eigenvalue weighted by molar-refractivity contribution is 7.80. The smallest absolute Gasteiger partial charge is 0.308 e. The van der Waals surface area contributed by atoms with Gasteiger partial charge in [0, 0.05) is 13.1 Å². The number of nitrogens with one attached hydrogen (secondary N) is 2. The molecule has 0 saturated carbocycles. The number of esters is 1. The van der Waals surface area contributed by atoms with Crippen LogP contribution in [0.2, 0.25) is 5.02 Å². The van der Waals surface area contributed by atoms with E-state index in [1.807, 2.05) is 0 Å². The highest BCUT2D eigenvalue weighted by Gasteiger charge is 2.34. The van der Waals surface area contributed by atoms with E-state index < -0.39 is 17.9 Å². The Morgan fingerprint density at radius 3 is 2.77 bits per heavy atom. The Labute approximate surface area is 162 Å². The van der Waals surface area contributed by atoms with E-state index in [-0.39, 0.29) is 29.1 Å². The van der Waals surface area contributed by atoms with Crippen molar-refractivity contribution in [3.63, 3.8) is 0 Å². The van der Waals surface area contributed by atoms with Gasteiger partial charge in [-0.3, -0.25) is 19.7 Å². The van der Waals surface area contributed by atoms with Crippen molar-refractivity contribution in [1.29, 1.82) is 0 Å². The van der Waals surface area contributed by atoms with E-state index in [0.717, 1.165) is 0 Å². The third kappa shape index (κ3) is 5.15. The van der Waals surface area contributed by atoms with Gasteiger partial charge < -0.3 is 15.0 Å². The van der Waals surface area contributed by atoms with Crippen molar-refractivity contribution in [2.75, 3.05) is 13.1 Å². The standard InChI is InChI=1S/C17H20ClN3O4S/c1-10(2)25-14(22)9-13-16(24)19-7-8-21(13)17(26)20-15(23)11-5-3-4-6-12(11)18/h3-6,10,13H,7-9H2,1-2H3,(H,19,24)(H,20,23,26)/t13-/m0/s1. The van der Waals surface area contributed by atoms with Crippen LogP contribution in [0.15, 0.2) is 24.3 Å². The molecule has 1 heterocycles. The van der Waals surface area contributed by atoms with Crippen LogP contribution in [0.4, 0.5) is 0 Å². The van der Waals surface area contributed by atoms with Crippen LogP contribution in [-0.2, 0) is 14.3 Å². The lowest BCUT2D eigenvalue weighted by molar-refractivity contribution is -0.150. The number of benzene rings is 1. The highest BCUT2D eigenvalue weighted by atomic mass is 35.5. The molecule has 140 valence electrons. The molecule has 2 amide bonds. The number of amides is 2. The quantitative estimate of drug-likeness (QED) is 0.591. The van der Waals surface area contributed by atoms with Crippen LogP contribution in [0.1, 0.15) is 30.6 Å². The lowest BCUT2D eigenvalue weighted by atomic mass is 10.1. The van der Waals surface area contributed by atoms with E-state index in [2.05, 4.69) is 10.6 Å². The monoisotopic (exact) mass is 397 g/mol. The molecule has 0 bridgehead atoms. The maximum Gasteiger partial charge on any atom is 0.308 e. The molecular weight excluding hydrogens is 378 g/mol. The van der Waals surface area contributed by atoms with Crippen molar-refractivity contribution < 1.29 is 19.1 Å². The molecule has 1 aromatic carbocycles. The zero-order chi connectivity index (χ0) is 19.3. The molecule has 0 spiro atoms. The van der Waals surface area contributed by atoms with E-state index in [0.29, 0.717) is 18.1 Å². The molecule has 1 aliphatic heterocycles. The first-order valence-electron chi connectivity index (χ1n) is 8.13. The van der Waals surface area contributed by atoms with E-state index in [9.17, 15) is 14.4 Å². The van der Waals surface area contributed by atoms with Gasteiger partial charge in [0.05, 0.1) is 23.1 Å². The van der Waals surface area contributed by atoms with Crippen molar-refractivity contribution in [1.82, 2.24) is 15.5 Å². The fourth-order valence-corrected chi connectivity index (χ4v) is 3.04. The molecule has 0 aliphatic carbocycles.